The summed E-state index contributed by atoms with van der Waals surface area (Å²) in [5, 5.41) is 18.8. The van der Waals surface area contributed by atoms with Gasteiger partial charge in [-0.1, -0.05) is 18.2 Å². The summed E-state index contributed by atoms with van der Waals surface area (Å²) in [5.74, 6) is -2.15. The average Bonchev–Trinajstić information content (AvgIpc) is 3.11. The Morgan fingerprint density at radius 2 is 1.86 bits per heavy atom. The third-order valence-corrected chi connectivity index (χ3v) is 4.16. The van der Waals surface area contributed by atoms with Crippen molar-refractivity contribution in [2.75, 3.05) is 0 Å². The first kappa shape index (κ1) is 19.5. The molecule has 0 bridgehead atoms. The van der Waals surface area contributed by atoms with Crippen LogP contribution in [0.5, 0.6) is 5.75 Å². The summed E-state index contributed by atoms with van der Waals surface area (Å²) < 4.78 is 47.7. The molecule has 0 N–H and O–H groups in total. The van der Waals surface area contributed by atoms with Crippen LogP contribution in [0, 0.1) is 5.82 Å². The Morgan fingerprint density at radius 1 is 1.14 bits per heavy atom. The second-order valence-corrected chi connectivity index (χ2v) is 6.19. The number of halogens is 3. The first-order valence-corrected chi connectivity index (χ1v) is 8.48. The van der Waals surface area contributed by atoms with Gasteiger partial charge in [0.2, 0.25) is 5.89 Å². The molecular formula is C18H10F3N2O4S-. The molecule has 0 saturated heterocycles. The summed E-state index contributed by atoms with van der Waals surface area (Å²) in [5.41, 5.74) is 0.545. The van der Waals surface area contributed by atoms with Crippen LogP contribution in [0.4, 0.5) is 13.2 Å². The minimum atomic E-state index is -3.07. The number of benzene rings is 2. The summed E-state index contributed by atoms with van der Waals surface area (Å²) in [4.78, 5) is 11.1. The molecule has 3 rings (SSSR count). The van der Waals surface area contributed by atoms with E-state index < -0.39 is 18.4 Å². The maximum atomic E-state index is 13.0. The zero-order valence-electron chi connectivity index (χ0n) is 13.8. The highest BCUT2D eigenvalue weighted by molar-refractivity contribution is 8.03. The molecule has 1 heterocycles. The normalized spacial score (nSPS) is 11.6. The van der Waals surface area contributed by atoms with Crippen LogP contribution in [0.25, 0.3) is 17.5 Å². The third kappa shape index (κ3) is 4.92. The molecule has 0 radical (unpaired) electrons. The molecule has 0 amide bonds. The van der Waals surface area contributed by atoms with Gasteiger partial charge >= 0.3 is 6.61 Å². The van der Waals surface area contributed by atoms with E-state index in [9.17, 15) is 23.1 Å². The fourth-order valence-electron chi connectivity index (χ4n) is 2.13. The number of aromatic nitrogens is 2. The highest BCUT2D eigenvalue weighted by Crippen LogP contribution is 2.31. The van der Waals surface area contributed by atoms with Gasteiger partial charge in [0.25, 0.3) is 5.22 Å². The van der Waals surface area contributed by atoms with E-state index in [0.29, 0.717) is 17.3 Å². The Balaban J connectivity index is 1.86. The van der Waals surface area contributed by atoms with E-state index in [1.54, 1.807) is 0 Å². The molecule has 0 saturated carbocycles. The van der Waals surface area contributed by atoms with Gasteiger partial charge in [0, 0.05) is 16.0 Å². The van der Waals surface area contributed by atoms with E-state index in [1.165, 1.54) is 48.5 Å². The standard InChI is InChI=1S/C18H11F3N2O4S/c19-12-7-5-10(6-8-12)15-22-23-18(27-15)28-14(16(24)25)9-11-3-1-2-4-13(11)26-17(20)21/h1-9,17H,(H,24,25)/p-1/b14-9-. The van der Waals surface area contributed by atoms with Crippen molar-refractivity contribution in [1.29, 1.82) is 0 Å². The summed E-state index contributed by atoms with van der Waals surface area (Å²) in [7, 11) is 0. The number of alkyl halides is 2. The van der Waals surface area contributed by atoms with Crippen molar-refractivity contribution >= 4 is 23.8 Å². The van der Waals surface area contributed by atoms with Gasteiger partial charge in [0.15, 0.2) is 0 Å². The third-order valence-electron chi connectivity index (χ3n) is 3.32. The highest BCUT2D eigenvalue weighted by atomic mass is 32.2. The smallest absolute Gasteiger partial charge is 0.387 e. The molecule has 0 aliphatic rings. The number of ether oxygens (including phenoxy) is 1. The molecule has 144 valence electrons. The Kier molecular flexibility index (Phi) is 5.99. The van der Waals surface area contributed by atoms with Crippen molar-refractivity contribution in [2.24, 2.45) is 0 Å². The number of thioether (sulfide) groups is 1. The lowest BCUT2D eigenvalue weighted by molar-refractivity contribution is -0.298. The molecule has 3 aromatic rings. The monoisotopic (exact) mass is 407 g/mol. The fourth-order valence-corrected chi connectivity index (χ4v) is 2.79. The number of nitrogens with zero attached hydrogens (tertiary/aromatic N) is 2. The van der Waals surface area contributed by atoms with E-state index in [1.807, 2.05) is 0 Å². The van der Waals surface area contributed by atoms with Crippen LogP contribution in [0.1, 0.15) is 5.56 Å². The summed E-state index contributed by atoms with van der Waals surface area (Å²) >= 11 is 0.580. The quantitative estimate of drug-likeness (QED) is 0.438. The van der Waals surface area contributed by atoms with Crippen LogP contribution in [-0.4, -0.2) is 22.8 Å². The first-order chi connectivity index (χ1) is 13.4. The summed E-state index contributed by atoms with van der Waals surface area (Å²) in [6, 6.07) is 10.9. The number of hydrogen-bond acceptors (Lipinski definition) is 7. The second kappa shape index (κ2) is 8.61. The van der Waals surface area contributed by atoms with Gasteiger partial charge in [0.1, 0.15) is 11.6 Å². The maximum absolute atomic E-state index is 13.0. The zero-order valence-corrected chi connectivity index (χ0v) is 14.7. The predicted octanol–water partition coefficient (Wildman–Crippen LogP) is 3.36. The van der Waals surface area contributed by atoms with Crippen molar-refractivity contribution in [3.8, 4) is 17.2 Å². The molecule has 0 atom stereocenters. The molecule has 0 aliphatic heterocycles. The van der Waals surface area contributed by atoms with Gasteiger partial charge in [-0.25, -0.2) is 4.39 Å². The molecule has 1 aromatic heterocycles. The summed E-state index contributed by atoms with van der Waals surface area (Å²) in [6.07, 6.45) is 1.10. The largest absolute Gasteiger partial charge is 0.544 e. The van der Waals surface area contributed by atoms with Crippen molar-refractivity contribution in [3.63, 3.8) is 0 Å². The molecule has 2 aromatic carbocycles. The molecule has 0 unspecified atom stereocenters. The number of rotatable bonds is 7. The van der Waals surface area contributed by atoms with Gasteiger partial charge in [-0.3, -0.25) is 0 Å². The lowest BCUT2D eigenvalue weighted by Gasteiger charge is -2.10. The number of carbonyl (C=O) groups is 1. The topological polar surface area (TPSA) is 88.3 Å². The minimum Gasteiger partial charge on any atom is -0.544 e. The summed E-state index contributed by atoms with van der Waals surface area (Å²) in [6.45, 7) is -3.07. The van der Waals surface area contributed by atoms with Gasteiger partial charge in [-0.2, -0.15) is 8.78 Å². The SMILES string of the molecule is O=C([O-])/C(=C/c1ccccc1OC(F)F)Sc1nnc(-c2ccc(F)cc2)o1. The fraction of sp³-hybridized carbons (Fsp3) is 0.0556. The number of para-hydroxylation sites is 1. The lowest BCUT2D eigenvalue weighted by atomic mass is 10.2. The van der Waals surface area contributed by atoms with E-state index in [0.717, 1.165) is 6.08 Å². The lowest BCUT2D eigenvalue weighted by Crippen LogP contribution is -2.23. The average molecular weight is 407 g/mol. The number of carboxylic acids is 1. The zero-order chi connectivity index (χ0) is 20.1. The van der Waals surface area contributed by atoms with E-state index in [-0.39, 0.29) is 27.3 Å². The van der Waals surface area contributed by atoms with Crippen LogP contribution in [0.3, 0.4) is 0 Å². The van der Waals surface area contributed by atoms with Crippen LogP contribution >= 0.6 is 11.8 Å². The molecule has 6 nitrogen and oxygen atoms in total. The number of hydrogen-bond donors (Lipinski definition) is 0. The predicted molar refractivity (Wildman–Crippen MR) is 91.6 cm³/mol. The van der Waals surface area contributed by atoms with Crippen LogP contribution in [-0.2, 0) is 4.79 Å². The number of carbonyl (C=O) groups excluding carboxylic acids is 1. The van der Waals surface area contributed by atoms with Gasteiger partial charge in [-0.15, -0.1) is 10.2 Å². The Hall–Kier alpha value is -3.27. The molecule has 10 heteroatoms. The maximum Gasteiger partial charge on any atom is 0.387 e. The van der Waals surface area contributed by atoms with Gasteiger partial charge in [-0.05, 0) is 48.2 Å². The molecule has 0 fully saturated rings. The second-order valence-electron chi connectivity index (χ2n) is 5.19. The van der Waals surface area contributed by atoms with Crippen molar-refractivity contribution < 1.29 is 32.2 Å². The van der Waals surface area contributed by atoms with Crippen LogP contribution in [0.2, 0.25) is 0 Å². The molecule has 0 spiro atoms. The molecular weight excluding hydrogens is 397 g/mol. The Morgan fingerprint density at radius 3 is 2.54 bits per heavy atom. The van der Waals surface area contributed by atoms with E-state index in [2.05, 4.69) is 14.9 Å². The molecule has 0 aliphatic carbocycles. The van der Waals surface area contributed by atoms with E-state index >= 15 is 0 Å². The van der Waals surface area contributed by atoms with E-state index in [4.69, 9.17) is 4.42 Å². The molecule has 28 heavy (non-hydrogen) atoms. The Labute approximate surface area is 160 Å². The number of aliphatic carboxylic acids is 1. The minimum absolute atomic E-state index is 0.0571. The van der Waals surface area contributed by atoms with Gasteiger partial charge in [0.05, 0.1) is 5.97 Å². The van der Waals surface area contributed by atoms with Crippen molar-refractivity contribution in [2.45, 2.75) is 11.8 Å². The highest BCUT2D eigenvalue weighted by Gasteiger charge is 2.14. The van der Waals surface area contributed by atoms with Crippen LogP contribution < -0.4 is 9.84 Å². The first-order valence-electron chi connectivity index (χ1n) is 7.66. The Bertz CT molecular complexity index is 1010. The van der Waals surface area contributed by atoms with Gasteiger partial charge < -0.3 is 19.1 Å². The van der Waals surface area contributed by atoms with Crippen molar-refractivity contribution in [3.05, 3.63) is 64.8 Å². The van der Waals surface area contributed by atoms with Crippen molar-refractivity contribution in [1.82, 2.24) is 10.2 Å². The number of carboxylic acid groups (broad SMARTS) is 1. The van der Waals surface area contributed by atoms with Crippen LogP contribution in [0.15, 0.2) is 63.1 Å².